The minimum atomic E-state index is -1.19. The van der Waals surface area contributed by atoms with E-state index in [1.54, 1.807) is 0 Å². The third-order valence-corrected chi connectivity index (χ3v) is 2.72. The third-order valence-electron chi connectivity index (χ3n) is 2.72. The Morgan fingerprint density at radius 2 is 2.22 bits per heavy atom. The smallest absolute Gasteiger partial charge is 0.354 e. The highest BCUT2D eigenvalue weighted by Gasteiger charge is 2.20. The van der Waals surface area contributed by atoms with E-state index < -0.39 is 11.9 Å². The highest BCUT2D eigenvalue weighted by atomic mass is 16.4. The highest BCUT2D eigenvalue weighted by molar-refractivity contribution is 6.02. The summed E-state index contributed by atoms with van der Waals surface area (Å²) in [6.45, 7) is 1.36. The Morgan fingerprint density at radius 1 is 1.44 bits per heavy atom. The van der Waals surface area contributed by atoms with E-state index in [9.17, 15) is 9.59 Å². The summed E-state index contributed by atoms with van der Waals surface area (Å²) >= 11 is 0. The molecule has 98 valence electrons. The van der Waals surface area contributed by atoms with Crippen LogP contribution in [0.5, 0.6) is 0 Å². The number of carbonyl (C=O) groups excluding carboxylic acids is 1. The first-order valence-corrected chi connectivity index (χ1v) is 5.96. The van der Waals surface area contributed by atoms with Crippen molar-refractivity contribution in [2.45, 2.75) is 25.3 Å². The predicted octanol–water partition coefficient (Wildman–Crippen LogP) is -0.0202. The summed E-state index contributed by atoms with van der Waals surface area (Å²) in [5.74, 6) is -1.65. The largest absolute Gasteiger partial charge is 0.477 e. The topological polar surface area (TPSA) is 107 Å². The van der Waals surface area contributed by atoms with Crippen molar-refractivity contribution in [2.24, 2.45) is 0 Å². The molecule has 18 heavy (non-hydrogen) atoms. The molecule has 0 spiro atoms. The number of aromatic carboxylic acids is 1. The molecule has 7 nitrogen and oxygen atoms in total. The highest BCUT2D eigenvalue weighted by Crippen LogP contribution is 2.18. The molecule has 1 aliphatic carbocycles. The summed E-state index contributed by atoms with van der Waals surface area (Å²) in [5.41, 5.74) is -0.249. The fraction of sp³-hybridized carbons (Fsp3) is 0.545. The number of carbonyl (C=O) groups is 2. The van der Waals surface area contributed by atoms with Gasteiger partial charge in [0.1, 0.15) is 0 Å². The van der Waals surface area contributed by atoms with Gasteiger partial charge in [-0.3, -0.25) is 4.79 Å². The molecule has 4 N–H and O–H groups in total. The van der Waals surface area contributed by atoms with Crippen LogP contribution < -0.4 is 10.6 Å². The van der Waals surface area contributed by atoms with Crippen molar-refractivity contribution in [1.29, 1.82) is 0 Å². The van der Waals surface area contributed by atoms with E-state index in [0.717, 1.165) is 13.0 Å². The summed E-state index contributed by atoms with van der Waals surface area (Å²) in [6, 6.07) is 0.658. The normalized spacial score (nSPS) is 14.4. The second-order valence-corrected chi connectivity index (χ2v) is 4.27. The lowest BCUT2D eigenvalue weighted by Crippen LogP contribution is -2.29. The third kappa shape index (κ3) is 3.30. The van der Waals surface area contributed by atoms with Crippen LogP contribution in [0, 0.1) is 0 Å². The summed E-state index contributed by atoms with van der Waals surface area (Å²) in [4.78, 5) is 28.6. The number of aromatic nitrogens is 2. The number of H-pyrrole nitrogens is 1. The van der Waals surface area contributed by atoms with Gasteiger partial charge in [-0.05, 0) is 25.8 Å². The van der Waals surface area contributed by atoms with Crippen LogP contribution in [0.15, 0.2) is 6.33 Å². The molecule has 0 aromatic carbocycles. The Balaban J connectivity index is 1.72. The van der Waals surface area contributed by atoms with Crippen molar-refractivity contribution in [3.8, 4) is 0 Å². The van der Waals surface area contributed by atoms with Gasteiger partial charge in [0, 0.05) is 12.6 Å². The van der Waals surface area contributed by atoms with Crippen molar-refractivity contribution in [2.75, 3.05) is 13.1 Å². The van der Waals surface area contributed by atoms with Gasteiger partial charge in [-0.25, -0.2) is 9.78 Å². The molecule has 2 rings (SSSR count). The van der Waals surface area contributed by atoms with Crippen molar-refractivity contribution in [3.05, 3.63) is 17.7 Å². The van der Waals surface area contributed by atoms with E-state index in [-0.39, 0.29) is 11.4 Å². The minimum Gasteiger partial charge on any atom is -0.477 e. The van der Waals surface area contributed by atoms with Crippen LogP contribution in [0.25, 0.3) is 0 Å². The van der Waals surface area contributed by atoms with Crippen molar-refractivity contribution >= 4 is 11.9 Å². The van der Waals surface area contributed by atoms with Gasteiger partial charge < -0.3 is 20.7 Å². The van der Waals surface area contributed by atoms with E-state index in [2.05, 4.69) is 20.6 Å². The Kier molecular flexibility index (Phi) is 3.93. The van der Waals surface area contributed by atoms with Crippen LogP contribution in [-0.4, -0.2) is 46.1 Å². The Morgan fingerprint density at radius 3 is 2.89 bits per heavy atom. The van der Waals surface area contributed by atoms with Crippen LogP contribution >= 0.6 is 0 Å². The predicted molar refractivity (Wildman–Crippen MR) is 63.5 cm³/mol. The maximum Gasteiger partial charge on any atom is 0.354 e. The fourth-order valence-electron chi connectivity index (χ4n) is 1.60. The van der Waals surface area contributed by atoms with Crippen molar-refractivity contribution < 1.29 is 14.7 Å². The molecule has 1 amide bonds. The Hall–Kier alpha value is -1.89. The number of carboxylic acid groups (broad SMARTS) is 1. The fourth-order valence-corrected chi connectivity index (χ4v) is 1.60. The van der Waals surface area contributed by atoms with Gasteiger partial charge in [0.05, 0.1) is 6.33 Å². The second kappa shape index (κ2) is 5.63. The SMILES string of the molecule is O=C(NCCCNC1CC1)c1nc[nH]c1C(=O)O. The summed E-state index contributed by atoms with van der Waals surface area (Å²) < 4.78 is 0. The second-order valence-electron chi connectivity index (χ2n) is 4.27. The lowest BCUT2D eigenvalue weighted by Gasteiger charge is -2.04. The van der Waals surface area contributed by atoms with Gasteiger partial charge in [-0.2, -0.15) is 0 Å². The van der Waals surface area contributed by atoms with E-state index in [4.69, 9.17) is 5.11 Å². The molecular formula is C11H16N4O3. The molecule has 1 saturated carbocycles. The summed E-state index contributed by atoms with van der Waals surface area (Å²) in [7, 11) is 0. The quantitative estimate of drug-likeness (QED) is 0.510. The zero-order chi connectivity index (χ0) is 13.0. The molecule has 0 radical (unpaired) electrons. The molecule has 1 aromatic rings. The van der Waals surface area contributed by atoms with Crippen LogP contribution in [0.3, 0.4) is 0 Å². The number of nitrogens with one attached hydrogen (secondary N) is 3. The van der Waals surface area contributed by atoms with Crippen molar-refractivity contribution in [1.82, 2.24) is 20.6 Å². The number of rotatable bonds is 7. The van der Waals surface area contributed by atoms with Gasteiger partial charge in [0.25, 0.3) is 5.91 Å². The van der Waals surface area contributed by atoms with E-state index in [0.29, 0.717) is 12.6 Å². The molecule has 1 aromatic heterocycles. The first kappa shape index (κ1) is 12.6. The molecule has 0 unspecified atom stereocenters. The molecule has 0 aliphatic heterocycles. The minimum absolute atomic E-state index is 0.0716. The van der Waals surface area contributed by atoms with Crippen molar-refractivity contribution in [3.63, 3.8) is 0 Å². The van der Waals surface area contributed by atoms with Gasteiger partial charge >= 0.3 is 5.97 Å². The molecule has 0 atom stereocenters. The molecule has 7 heteroatoms. The van der Waals surface area contributed by atoms with Crippen LogP contribution in [0.2, 0.25) is 0 Å². The number of nitrogens with zero attached hydrogens (tertiary/aromatic N) is 1. The number of imidazole rings is 1. The lowest BCUT2D eigenvalue weighted by atomic mass is 10.3. The summed E-state index contributed by atoms with van der Waals surface area (Å²) in [5, 5.41) is 14.8. The maximum absolute atomic E-state index is 11.7. The van der Waals surface area contributed by atoms with Gasteiger partial charge in [-0.15, -0.1) is 0 Å². The van der Waals surface area contributed by atoms with E-state index in [1.165, 1.54) is 19.2 Å². The molecule has 0 saturated heterocycles. The average molecular weight is 252 g/mol. The Labute approximate surface area is 104 Å². The maximum atomic E-state index is 11.7. The zero-order valence-corrected chi connectivity index (χ0v) is 9.90. The molecule has 0 bridgehead atoms. The van der Waals surface area contributed by atoms with E-state index in [1.807, 2.05) is 0 Å². The number of hydrogen-bond donors (Lipinski definition) is 4. The van der Waals surface area contributed by atoms with Crippen LogP contribution in [0.4, 0.5) is 0 Å². The number of aromatic amines is 1. The first-order valence-electron chi connectivity index (χ1n) is 5.96. The average Bonchev–Trinajstić information content (AvgIpc) is 3.02. The van der Waals surface area contributed by atoms with Crippen LogP contribution in [0.1, 0.15) is 40.2 Å². The van der Waals surface area contributed by atoms with Gasteiger partial charge in [0.2, 0.25) is 0 Å². The van der Waals surface area contributed by atoms with Gasteiger partial charge in [0.15, 0.2) is 11.4 Å². The molecule has 1 fully saturated rings. The van der Waals surface area contributed by atoms with Gasteiger partial charge in [-0.1, -0.05) is 0 Å². The van der Waals surface area contributed by atoms with Crippen LogP contribution in [-0.2, 0) is 0 Å². The number of amides is 1. The summed E-state index contributed by atoms with van der Waals surface area (Å²) in [6.07, 6.45) is 4.49. The number of carboxylic acids is 1. The monoisotopic (exact) mass is 252 g/mol. The van der Waals surface area contributed by atoms with E-state index >= 15 is 0 Å². The number of hydrogen-bond acceptors (Lipinski definition) is 4. The Bertz CT molecular complexity index is 439. The zero-order valence-electron chi connectivity index (χ0n) is 9.90. The molecule has 1 aliphatic rings. The molecule has 1 heterocycles. The standard InChI is InChI=1S/C11H16N4O3/c16-10(8-9(11(17)18)15-6-14-8)13-5-1-4-12-7-2-3-7/h6-7,12H,1-5H2,(H,13,16)(H,14,15)(H,17,18). The molecular weight excluding hydrogens is 236 g/mol. The first-order chi connectivity index (χ1) is 8.68. The lowest BCUT2D eigenvalue weighted by molar-refractivity contribution is 0.0685.